The third-order valence-corrected chi connectivity index (χ3v) is 3.77. The molecule has 0 aromatic heterocycles. The summed E-state index contributed by atoms with van der Waals surface area (Å²) in [5.41, 5.74) is 0.874. The van der Waals surface area contributed by atoms with Crippen LogP contribution in [0.1, 0.15) is 26.7 Å². The number of rotatable bonds is 0. The van der Waals surface area contributed by atoms with E-state index < -0.39 is 0 Å². The van der Waals surface area contributed by atoms with E-state index in [0.717, 1.165) is 11.8 Å². The first-order valence-electron chi connectivity index (χ1n) is 3.91. The predicted octanol–water partition coefficient (Wildman–Crippen LogP) is 1.57. The van der Waals surface area contributed by atoms with Gasteiger partial charge >= 0.3 is 0 Å². The highest BCUT2D eigenvalue weighted by Gasteiger charge is 2.89. The van der Waals surface area contributed by atoms with E-state index in [9.17, 15) is 0 Å². The van der Waals surface area contributed by atoms with Gasteiger partial charge in [0.15, 0.2) is 0 Å². The van der Waals surface area contributed by atoms with Gasteiger partial charge in [0.2, 0.25) is 0 Å². The van der Waals surface area contributed by atoms with Crippen LogP contribution in [0, 0.1) is 11.8 Å². The molecule has 1 heterocycles. The molecular weight excluding hydrogens is 112 g/mol. The second-order valence-electron chi connectivity index (χ2n) is 4.10. The first kappa shape index (κ1) is 4.73. The minimum atomic E-state index is 0.424. The third kappa shape index (κ3) is 0.231. The molecule has 50 valence electrons. The summed E-state index contributed by atoms with van der Waals surface area (Å²) in [7, 11) is 0. The molecule has 1 aliphatic heterocycles. The van der Waals surface area contributed by atoms with Gasteiger partial charge in [0, 0.05) is 0 Å². The second kappa shape index (κ2) is 0.878. The molecule has 0 N–H and O–H groups in total. The van der Waals surface area contributed by atoms with Crippen LogP contribution in [0.3, 0.4) is 0 Å². The molecule has 0 amide bonds. The van der Waals surface area contributed by atoms with Gasteiger partial charge in [-0.05, 0) is 24.7 Å². The van der Waals surface area contributed by atoms with Gasteiger partial charge in [-0.15, -0.1) is 0 Å². The van der Waals surface area contributed by atoms with E-state index in [1.807, 2.05) is 0 Å². The van der Waals surface area contributed by atoms with Gasteiger partial charge in [0.1, 0.15) is 5.60 Å². The molecule has 0 aromatic rings. The molecule has 0 aromatic carbocycles. The van der Waals surface area contributed by atoms with E-state index in [0.29, 0.717) is 11.2 Å². The summed E-state index contributed by atoms with van der Waals surface area (Å²) < 4.78 is 5.74. The van der Waals surface area contributed by atoms with Crippen LogP contribution in [0.5, 0.6) is 0 Å². The largest absolute Gasteiger partial charge is 0.362 e. The van der Waals surface area contributed by atoms with Crippen molar-refractivity contribution in [3.63, 3.8) is 0 Å². The number of hydrogen-bond acceptors (Lipinski definition) is 1. The van der Waals surface area contributed by atoms with Crippen molar-refractivity contribution in [2.75, 3.05) is 0 Å². The first-order valence-corrected chi connectivity index (χ1v) is 3.91. The van der Waals surface area contributed by atoms with Gasteiger partial charge < -0.3 is 4.74 Å². The van der Waals surface area contributed by atoms with Crippen molar-refractivity contribution >= 4 is 0 Å². The Bertz CT molecular complexity index is 173. The summed E-state index contributed by atoms with van der Waals surface area (Å²) in [6.45, 7) is 4.64. The van der Waals surface area contributed by atoms with Crippen LogP contribution in [0.4, 0.5) is 0 Å². The van der Waals surface area contributed by atoms with Gasteiger partial charge in [-0.2, -0.15) is 0 Å². The van der Waals surface area contributed by atoms with E-state index in [4.69, 9.17) is 4.74 Å². The lowest BCUT2D eigenvalue weighted by atomic mass is 9.49. The van der Waals surface area contributed by atoms with Gasteiger partial charge in [-0.3, -0.25) is 0 Å². The highest BCUT2D eigenvalue weighted by Crippen LogP contribution is 2.80. The van der Waals surface area contributed by atoms with Crippen LogP contribution in [0.15, 0.2) is 0 Å². The Hall–Kier alpha value is -0.0400. The average Bonchev–Trinajstić information content (AvgIpc) is 2.11. The van der Waals surface area contributed by atoms with Gasteiger partial charge in [0.05, 0.1) is 5.60 Å². The Morgan fingerprint density at radius 2 is 1.78 bits per heavy atom. The van der Waals surface area contributed by atoms with Crippen LogP contribution in [0.2, 0.25) is 0 Å². The van der Waals surface area contributed by atoms with Gasteiger partial charge in [-0.25, -0.2) is 0 Å². The Balaban J connectivity index is 2.01. The highest BCUT2D eigenvalue weighted by atomic mass is 16.7. The van der Waals surface area contributed by atoms with E-state index >= 15 is 0 Å². The molecule has 3 fully saturated rings. The molecule has 1 saturated heterocycles. The average molecular weight is 124 g/mol. The summed E-state index contributed by atoms with van der Waals surface area (Å²) in [6, 6.07) is 0. The van der Waals surface area contributed by atoms with Crippen molar-refractivity contribution in [2.45, 2.75) is 37.9 Å². The first-order chi connectivity index (χ1) is 4.21. The maximum Gasteiger partial charge on any atom is 0.103 e. The van der Waals surface area contributed by atoms with Crippen LogP contribution < -0.4 is 0 Å². The normalized spacial score (nSPS) is 75.3. The maximum atomic E-state index is 5.74. The minimum Gasteiger partial charge on any atom is -0.362 e. The molecule has 1 heteroatoms. The zero-order chi connectivity index (χ0) is 6.28. The monoisotopic (exact) mass is 124 g/mol. The number of epoxide rings is 1. The maximum absolute atomic E-state index is 5.74. The number of hydrogen-bond donors (Lipinski definition) is 0. The van der Waals surface area contributed by atoms with Crippen LogP contribution >= 0.6 is 0 Å². The molecule has 2 saturated carbocycles. The van der Waals surface area contributed by atoms with Crippen molar-refractivity contribution in [1.82, 2.24) is 0 Å². The molecule has 0 radical (unpaired) electrons. The van der Waals surface area contributed by atoms with E-state index in [1.165, 1.54) is 12.8 Å². The van der Waals surface area contributed by atoms with Crippen LogP contribution in [0.25, 0.3) is 0 Å². The molecule has 1 nitrogen and oxygen atoms in total. The lowest BCUT2D eigenvalue weighted by Crippen LogP contribution is -2.58. The van der Waals surface area contributed by atoms with Crippen molar-refractivity contribution in [3.8, 4) is 0 Å². The lowest BCUT2D eigenvalue weighted by Gasteiger charge is -2.49. The summed E-state index contributed by atoms with van der Waals surface area (Å²) in [5, 5.41) is 0. The molecule has 3 aliphatic rings. The lowest BCUT2D eigenvalue weighted by molar-refractivity contribution is 0.0498. The summed E-state index contributed by atoms with van der Waals surface area (Å²) in [5.74, 6) is 1.72. The van der Waals surface area contributed by atoms with Gasteiger partial charge in [0.25, 0.3) is 0 Å². The Morgan fingerprint density at radius 3 is 1.89 bits per heavy atom. The molecular formula is C8H12O. The number of ether oxygens (including phenoxy) is 1. The zero-order valence-electron chi connectivity index (χ0n) is 5.98. The SMILES string of the molecule is CC1CC23CC(C)C12O3. The smallest absolute Gasteiger partial charge is 0.103 e. The topological polar surface area (TPSA) is 12.5 Å². The van der Waals surface area contributed by atoms with E-state index in [1.54, 1.807) is 0 Å². The summed E-state index contributed by atoms with van der Waals surface area (Å²) >= 11 is 0. The van der Waals surface area contributed by atoms with Crippen molar-refractivity contribution in [2.24, 2.45) is 11.8 Å². The minimum absolute atomic E-state index is 0.424. The Morgan fingerprint density at radius 1 is 1.22 bits per heavy atom. The van der Waals surface area contributed by atoms with E-state index in [2.05, 4.69) is 13.8 Å². The zero-order valence-corrected chi connectivity index (χ0v) is 5.98. The third-order valence-electron chi connectivity index (χ3n) is 3.77. The predicted molar refractivity (Wildman–Crippen MR) is 34.1 cm³/mol. The van der Waals surface area contributed by atoms with Gasteiger partial charge in [-0.1, -0.05) is 13.8 Å². The fourth-order valence-electron chi connectivity index (χ4n) is 3.40. The Kier molecular flexibility index (Phi) is 0.461. The van der Waals surface area contributed by atoms with Crippen molar-refractivity contribution in [3.05, 3.63) is 0 Å². The molecule has 0 spiro atoms. The summed E-state index contributed by atoms with van der Waals surface area (Å²) in [4.78, 5) is 0. The second-order valence-corrected chi connectivity index (χ2v) is 4.10. The molecule has 3 rings (SSSR count). The van der Waals surface area contributed by atoms with Crippen LogP contribution in [-0.2, 0) is 4.74 Å². The molecule has 2 atom stereocenters. The fourth-order valence-corrected chi connectivity index (χ4v) is 3.40. The Labute approximate surface area is 55.4 Å². The highest BCUT2D eigenvalue weighted by molar-refractivity contribution is 5.37. The fraction of sp³-hybridized carbons (Fsp3) is 1.00. The quantitative estimate of drug-likeness (QED) is 0.446. The standard InChI is InChI=1S/C8H12O/c1-5-3-7-4-6(2)8(5,7)9-7/h5-6H,3-4H2,1-2H3. The molecule has 2 aliphatic carbocycles. The van der Waals surface area contributed by atoms with Crippen LogP contribution in [-0.4, -0.2) is 11.2 Å². The van der Waals surface area contributed by atoms with Crippen molar-refractivity contribution < 1.29 is 4.74 Å². The molecule has 9 heavy (non-hydrogen) atoms. The molecule has 0 bridgehead atoms. The van der Waals surface area contributed by atoms with Crippen molar-refractivity contribution in [1.29, 1.82) is 0 Å². The van der Waals surface area contributed by atoms with E-state index in [-0.39, 0.29) is 0 Å². The molecule has 2 unspecified atom stereocenters. The summed E-state index contributed by atoms with van der Waals surface area (Å²) in [6.07, 6.45) is 2.69.